The number of ether oxygens (including phenoxy) is 2. The van der Waals surface area contributed by atoms with Crippen molar-refractivity contribution in [2.75, 3.05) is 37.0 Å². The van der Waals surface area contributed by atoms with Crippen molar-refractivity contribution < 1.29 is 9.47 Å². The largest absolute Gasteiger partial charge is 0.486 e. The maximum atomic E-state index is 5.63. The van der Waals surface area contributed by atoms with E-state index in [2.05, 4.69) is 36.3 Å². The van der Waals surface area contributed by atoms with Gasteiger partial charge in [-0.3, -0.25) is 0 Å². The first-order valence-corrected chi connectivity index (χ1v) is 6.16. The molecule has 1 atom stereocenters. The molecule has 92 valence electrons. The second-order valence-electron chi connectivity index (χ2n) is 4.69. The van der Waals surface area contributed by atoms with E-state index in [9.17, 15) is 0 Å². The van der Waals surface area contributed by atoms with E-state index in [1.165, 1.54) is 5.69 Å². The van der Waals surface area contributed by atoms with Crippen molar-refractivity contribution in [2.24, 2.45) is 0 Å². The van der Waals surface area contributed by atoms with Crippen molar-refractivity contribution >= 4 is 11.4 Å². The molecule has 2 heterocycles. The Labute approximate surface area is 102 Å². The van der Waals surface area contributed by atoms with Gasteiger partial charge in [-0.1, -0.05) is 0 Å². The third-order valence-electron chi connectivity index (χ3n) is 3.58. The topological polar surface area (TPSA) is 33.7 Å². The maximum absolute atomic E-state index is 5.63. The van der Waals surface area contributed by atoms with E-state index < -0.39 is 0 Å². The molecule has 2 aliphatic rings. The highest BCUT2D eigenvalue weighted by atomic mass is 16.6. The van der Waals surface area contributed by atoms with Crippen LogP contribution in [0.4, 0.5) is 11.4 Å². The number of nitrogens with one attached hydrogen (secondary N) is 1. The van der Waals surface area contributed by atoms with E-state index in [1.807, 2.05) is 0 Å². The summed E-state index contributed by atoms with van der Waals surface area (Å²) in [4.78, 5) is 2.30. The lowest BCUT2D eigenvalue weighted by Gasteiger charge is -2.27. The summed E-state index contributed by atoms with van der Waals surface area (Å²) in [6.07, 6.45) is 1.14. The highest BCUT2D eigenvalue weighted by Crippen LogP contribution is 2.41. The molecule has 4 nitrogen and oxygen atoms in total. The molecule has 1 aromatic rings. The molecule has 4 heteroatoms. The van der Waals surface area contributed by atoms with Crippen LogP contribution in [0, 0.1) is 0 Å². The lowest BCUT2D eigenvalue weighted by molar-refractivity contribution is 0.172. The predicted octanol–water partition coefficient (Wildman–Crippen LogP) is 2.10. The summed E-state index contributed by atoms with van der Waals surface area (Å²) in [5, 5.41) is 3.46. The number of fused-ring (bicyclic) bond motifs is 2. The van der Waals surface area contributed by atoms with Crippen LogP contribution in [0.25, 0.3) is 0 Å². The summed E-state index contributed by atoms with van der Waals surface area (Å²) < 4.78 is 11.2. The number of rotatable bonds is 0. The van der Waals surface area contributed by atoms with Crippen LogP contribution < -0.4 is 19.7 Å². The van der Waals surface area contributed by atoms with E-state index in [4.69, 9.17) is 9.47 Å². The Kier molecular flexibility index (Phi) is 2.50. The van der Waals surface area contributed by atoms with Gasteiger partial charge in [0.05, 0.1) is 11.4 Å². The maximum Gasteiger partial charge on any atom is 0.163 e. The van der Waals surface area contributed by atoms with Gasteiger partial charge < -0.3 is 19.7 Å². The zero-order chi connectivity index (χ0) is 11.8. The zero-order valence-electron chi connectivity index (χ0n) is 10.3. The summed E-state index contributed by atoms with van der Waals surface area (Å²) in [5.41, 5.74) is 2.33. The molecule has 0 saturated carbocycles. The summed E-state index contributed by atoms with van der Waals surface area (Å²) >= 11 is 0. The Morgan fingerprint density at radius 3 is 2.71 bits per heavy atom. The second-order valence-corrected chi connectivity index (χ2v) is 4.69. The average Bonchev–Trinajstić information content (AvgIpc) is 2.48. The van der Waals surface area contributed by atoms with Gasteiger partial charge in [0.25, 0.3) is 0 Å². The molecule has 0 aliphatic carbocycles. The molecule has 0 aromatic heterocycles. The first-order chi connectivity index (χ1) is 8.25. The molecule has 1 N–H and O–H groups in total. The molecule has 0 spiro atoms. The van der Waals surface area contributed by atoms with Crippen LogP contribution in [-0.4, -0.2) is 32.8 Å². The molecule has 1 unspecified atom stereocenters. The number of hydrogen-bond acceptors (Lipinski definition) is 4. The van der Waals surface area contributed by atoms with E-state index >= 15 is 0 Å². The summed E-state index contributed by atoms with van der Waals surface area (Å²) in [5.74, 6) is 1.71. The molecular weight excluding hydrogens is 216 g/mol. The molecular formula is C13H18N2O2. The SMILES string of the molecule is CC1CCNc2cc3c(cc2N1C)OCCO3. The van der Waals surface area contributed by atoms with Crippen LogP contribution in [0.3, 0.4) is 0 Å². The van der Waals surface area contributed by atoms with Gasteiger partial charge >= 0.3 is 0 Å². The van der Waals surface area contributed by atoms with Crippen molar-refractivity contribution in [1.82, 2.24) is 0 Å². The number of nitrogens with zero attached hydrogens (tertiary/aromatic N) is 1. The standard InChI is InChI=1S/C13H18N2O2/c1-9-3-4-14-10-7-12-13(17-6-5-16-12)8-11(10)15(9)2/h7-9,14H,3-6H2,1-2H3. The van der Waals surface area contributed by atoms with Gasteiger partial charge in [0.2, 0.25) is 0 Å². The number of benzene rings is 1. The van der Waals surface area contributed by atoms with Crippen LogP contribution in [-0.2, 0) is 0 Å². The molecule has 1 aromatic carbocycles. The van der Waals surface area contributed by atoms with Crippen LogP contribution in [0.2, 0.25) is 0 Å². The smallest absolute Gasteiger partial charge is 0.163 e. The van der Waals surface area contributed by atoms with E-state index in [0.717, 1.165) is 30.2 Å². The van der Waals surface area contributed by atoms with E-state index in [1.54, 1.807) is 0 Å². The van der Waals surface area contributed by atoms with Crippen LogP contribution in [0.5, 0.6) is 11.5 Å². The molecule has 0 amide bonds. The molecule has 17 heavy (non-hydrogen) atoms. The fraction of sp³-hybridized carbons (Fsp3) is 0.538. The minimum absolute atomic E-state index is 0.534. The quantitative estimate of drug-likeness (QED) is 0.745. The zero-order valence-corrected chi connectivity index (χ0v) is 10.3. The van der Waals surface area contributed by atoms with Crippen LogP contribution >= 0.6 is 0 Å². The Balaban J connectivity index is 2.06. The monoisotopic (exact) mass is 234 g/mol. The van der Waals surface area contributed by atoms with Crippen LogP contribution in [0.15, 0.2) is 12.1 Å². The first-order valence-electron chi connectivity index (χ1n) is 6.16. The minimum atomic E-state index is 0.534. The van der Waals surface area contributed by atoms with Gasteiger partial charge in [-0.15, -0.1) is 0 Å². The Morgan fingerprint density at radius 1 is 1.24 bits per heavy atom. The lowest BCUT2D eigenvalue weighted by Crippen LogP contribution is -2.28. The van der Waals surface area contributed by atoms with E-state index in [0.29, 0.717) is 19.3 Å². The number of anilines is 2. The average molecular weight is 234 g/mol. The van der Waals surface area contributed by atoms with Gasteiger partial charge in [0, 0.05) is 31.8 Å². The molecule has 0 radical (unpaired) electrons. The summed E-state index contributed by atoms with van der Waals surface area (Å²) in [6.45, 7) is 4.52. The Hall–Kier alpha value is -1.58. The first kappa shape index (κ1) is 10.6. The van der Waals surface area contributed by atoms with Gasteiger partial charge in [0.1, 0.15) is 13.2 Å². The molecule has 0 fully saturated rings. The van der Waals surface area contributed by atoms with Gasteiger partial charge in [-0.25, -0.2) is 0 Å². The third-order valence-corrected chi connectivity index (χ3v) is 3.58. The predicted molar refractivity (Wildman–Crippen MR) is 68.4 cm³/mol. The fourth-order valence-corrected chi connectivity index (χ4v) is 2.36. The minimum Gasteiger partial charge on any atom is -0.486 e. The molecule has 0 bridgehead atoms. The summed E-state index contributed by atoms with van der Waals surface area (Å²) in [6, 6.07) is 4.67. The van der Waals surface area contributed by atoms with Gasteiger partial charge in [0.15, 0.2) is 11.5 Å². The normalized spacial score (nSPS) is 22.5. The molecule has 2 aliphatic heterocycles. The molecule has 0 saturated heterocycles. The number of hydrogen-bond donors (Lipinski definition) is 1. The van der Waals surface area contributed by atoms with Crippen molar-refractivity contribution in [1.29, 1.82) is 0 Å². The van der Waals surface area contributed by atoms with E-state index in [-0.39, 0.29) is 0 Å². The van der Waals surface area contributed by atoms with Crippen molar-refractivity contribution in [3.63, 3.8) is 0 Å². The Morgan fingerprint density at radius 2 is 1.94 bits per heavy atom. The van der Waals surface area contributed by atoms with Crippen molar-refractivity contribution in [2.45, 2.75) is 19.4 Å². The Bertz CT molecular complexity index is 434. The second kappa shape index (κ2) is 4.02. The third kappa shape index (κ3) is 1.77. The lowest BCUT2D eigenvalue weighted by atomic mass is 10.2. The van der Waals surface area contributed by atoms with Crippen LogP contribution in [0.1, 0.15) is 13.3 Å². The molecule has 3 rings (SSSR count). The summed E-state index contributed by atoms with van der Waals surface area (Å²) in [7, 11) is 2.13. The van der Waals surface area contributed by atoms with Crippen molar-refractivity contribution in [3.8, 4) is 11.5 Å². The highest BCUT2D eigenvalue weighted by Gasteiger charge is 2.22. The fourth-order valence-electron chi connectivity index (χ4n) is 2.36. The van der Waals surface area contributed by atoms with Gasteiger partial charge in [-0.2, -0.15) is 0 Å². The van der Waals surface area contributed by atoms with Crippen molar-refractivity contribution in [3.05, 3.63) is 12.1 Å². The highest BCUT2D eigenvalue weighted by molar-refractivity contribution is 5.76. The van der Waals surface area contributed by atoms with Gasteiger partial charge in [-0.05, 0) is 13.3 Å².